The smallest absolute Gasteiger partial charge is 0.0131 e. The van der Waals surface area contributed by atoms with Crippen molar-refractivity contribution in [2.45, 2.75) is 25.7 Å². The van der Waals surface area contributed by atoms with Crippen molar-refractivity contribution >= 4 is 0 Å². The van der Waals surface area contributed by atoms with Gasteiger partial charge >= 0.3 is 0 Å². The lowest BCUT2D eigenvalue weighted by Crippen LogP contribution is -2.11. The Morgan fingerprint density at radius 3 is 3.08 bits per heavy atom. The van der Waals surface area contributed by atoms with Gasteiger partial charge in [0.15, 0.2) is 0 Å². The summed E-state index contributed by atoms with van der Waals surface area (Å²) in [4.78, 5) is 0. The van der Waals surface area contributed by atoms with Crippen molar-refractivity contribution in [3.05, 3.63) is 36.0 Å². The molecule has 2 saturated carbocycles. The first-order valence-electron chi connectivity index (χ1n) is 5.38. The summed E-state index contributed by atoms with van der Waals surface area (Å²) in [5.41, 5.74) is 3.43. The molecule has 3 rings (SSSR count). The molecule has 0 heteroatoms. The third kappa shape index (κ3) is 0.979. The quantitative estimate of drug-likeness (QED) is 0.531. The predicted octanol–water partition coefficient (Wildman–Crippen LogP) is 3.48. The predicted molar refractivity (Wildman–Crippen MR) is 55.3 cm³/mol. The number of rotatable bonds is 1. The zero-order valence-corrected chi connectivity index (χ0v) is 8.00. The maximum Gasteiger partial charge on any atom is -0.0131 e. The van der Waals surface area contributed by atoms with Gasteiger partial charge < -0.3 is 0 Å². The van der Waals surface area contributed by atoms with Gasteiger partial charge in [-0.15, -0.1) is 0 Å². The SMILES string of the molecule is C=C/C=C1\CC2CC3=CCC1C2C3. The lowest BCUT2D eigenvalue weighted by atomic mass is 9.84. The van der Waals surface area contributed by atoms with Crippen LogP contribution in [0.1, 0.15) is 25.7 Å². The Labute approximate surface area is 80.0 Å². The molecule has 0 aromatic rings. The van der Waals surface area contributed by atoms with E-state index in [4.69, 9.17) is 0 Å². The fourth-order valence-electron chi connectivity index (χ4n) is 3.59. The molecule has 3 unspecified atom stereocenters. The van der Waals surface area contributed by atoms with E-state index in [0.717, 1.165) is 17.8 Å². The number of allylic oxidation sites excluding steroid dienone is 5. The second kappa shape index (κ2) is 2.60. The van der Waals surface area contributed by atoms with E-state index >= 15 is 0 Å². The van der Waals surface area contributed by atoms with Gasteiger partial charge in [-0.2, -0.15) is 0 Å². The van der Waals surface area contributed by atoms with Crippen LogP contribution in [0.2, 0.25) is 0 Å². The standard InChI is InChI=1S/C13H16/c1-2-3-10-8-11-6-9-4-5-12(10)13(11)7-9/h2-4,11-13H,1,5-8H2/b10-3+. The Kier molecular flexibility index (Phi) is 1.52. The molecule has 3 atom stereocenters. The molecule has 0 nitrogen and oxygen atoms in total. The number of fused-ring (bicyclic) bond motifs is 1. The lowest BCUT2D eigenvalue weighted by Gasteiger charge is -2.21. The Bertz CT molecular complexity index is 302. The van der Waals surface area contributed by atoms with Gasteiger partial charge in [-0.3, -0.25) is 0 Å². The van der Waals surface area contributed by atoms with Gasteiger partial charge in [-0.25, -0.2) is 0 Å². The average Bonchev–Trinajstić information content (AvgIpc) is 2.57. The minimum absolute atomic E-state index is 0.884. The molecule has 0 N–H and O–H groups in total. The summed E-state index contributed by atoms with van der Waals surface area (Å²) in [5.74, 6) is 2.88. The average molecular weight is 172 g/mol. The Morgan fingerprint density at radius 2 is 2.23 bits per heavy atom. The molecular weight excluding hydrogens is 156 g/mol. The topological polar surface area (TPSA) is 0 Å². The normalized spacial score (nSPS) is 43.8. The van der Waals surface area contributed by atoms with Gasteiger partial charge in [0.05, 0.1) is 0 Å². The van der Waals surface area contributed by atoms with Crippen molar-refractivity contribution in [3.8, 4) is 0 Å². The molecule has 0 amide bonds. The first kappa shape index (κ1) is 7.61. The molecule has 0 heterocycles. The van der Waals surface area contributed by atoms with E-state index in [0.29, 0.717) is 0 Å². The molecule has 0 aromatic heterocycles. The molecule has 3 aliphatic rings. The van der Waals surface area contributed by atoms with Crippen LogP contribution in [0.4, 0.5) is 0 Å². The van der Waals surface area contributed by atoms with Crippen molar-refractivity contribution < 1.29 is 0 Å². The van der Waals surface area contributed by atoms with Crippen molar-refractivity contribution in [2.75, 3.05) is 0 Å². The van der Waals surface area contributed by atoms with Crippen LogP contribution in [0, 0.1) is 17.8 Å². The molecule has 0 saturated heterocycles. The van der Waals surface area contributed by atoms with E-state index in [2.05, 4.69) is 18.7 Å². The highest BCUT2D eigenvalue weighted by molar-refractivity contribution is 5.30. The maximum atomic E-state index is 3.81. The van der Waals surface area contributed by atoms with Crippen LogP contribution in [-0.2, 0) is 0 Å². The van der Waals surface area contributed by atoms with Crippen molar-refractivity contribution in [1.82, 2.24) is 0 Å². The van der Waals surface area contributed by atoms with E-state index in [-0.39, 0.29) is 0 Å². The number of hydrogen-bond acceptors (Lipinski definition) is 0. The molecule has 0 spiro atoms. The number of hydrogen-bond donors (Lipinski definition) is 0. The van der Waals surface area contributed by atoms with Crippen molar-refractivity contribution in [2.24, 2.45) is 17.8 Å². The molecule has 0 radical (unpaired) electrons. The second-order valence-corrected chi connectivity index (χ2v) is 4.72. The van der Waals surface area contributed by atoms with Crippen LogP contribution in [0.25, 0.3) is 0 Å². The highest BCUT2D eigenvalue weighted by atomic mass is 14.5. The van der Waals surface area contributed by atoms with Crippen LogP contribution >= 0.6 is 0 Å². The Morgan fingerprint density at radius 1 is 1.31 bits per heavy atom. The summed E-state index contributed by atoms with van der Waals surface area (Å²) in [6, 6.07) is 0. The third-order valence-corrected chi connectivity index (χ3v) is 4.11. The monoisotopic (exact) mass is 172 g/mol. The zero-order chi connectivity index (χ0) is 8.84. The molecule has 13 heavy (non-hydrogen) atoms. The molecule has 2 bridgehead atoms. The minimum Gasteiger partial charge on any atom is -0.0991 e. The minimum atomic E-state index is 0.884. The summed E-state index contributed by atoms with van der Waals surface area (Å²) in [6.45, 7) is 3.81. The fraction of sp³-hybridized carbons (Fsp3) is 0.538. The van der Waals surface area contributed by atoms with Gasteiger partial charge in [0.2, 0.25) is 0 Å². The van der Waals surface area contributed by atoms with E-state index in [1.807, 2.05) is 6.08 Å². The molecule has 0 aromatic carbocycles. The largest absolute Gasteiger partial charge is 0.0991 e. The zero-order valence-electron chi connectivity index (χ0n) is 8.00. The van der Waals surface area contributed by atoms with Crippen LogP contribution in [0.15, 0.2) is 36.0 Å². The highest BCUT2D eigenvalue weighted by Gasteiger charge is 2.45. The fourth-order valence-corrected chi connectivity index (χ4v) is 3.59. The van der Waals surface area contributed by atoms with Crippen molar-refractivity contribution in [1.29, 1.82) is 0 Å². The third-order valence-electron chi connectivity index (χ3n) is 4.11. The molecule has 0 aliphatic heterocycles. The van der Waals surface area contributed by atoms with Gasteiger partial charge in [-0.1, -0.05) is 36.0 Å². The summed E-state index contributed by atoms with van der Waals surface area (Å²) >= 11 is 0. The first-order chi connectivity index (χ1) is 6.38. The van der Waals surface area contributed by atoms with Crippen LogP contribution in [-0.4, -0.2) is 0 Å². The Hall–Kier alpha value is -0.780. The van der Waals surface area contributed by atoms with Crippen LogP contribution in [0.3, 0.4) is 0 Å². The summed E-state index contributed by atoms with van der Waals surface area (Å²) in [5, 5.41) is 0. The summed E-state index contributed by atoms with van der Waals surface area (Å²) < 4.78 is 0. The summed E-state index contributed by atoms with van der Waals surface area (Å²) in [6.07, 6.45) is 12.2. The molecule has 68 valence electrons. The van der Waals surface area contributed by atoms with E-state index in [9.17, 15) is 0 Å². The van der Waals surface area contributed by atoms with Gasteiger partial charge in [-0.05, 0) is 43.4 Å². The maximum absolute atomic E-state index is 3.81. The van der Waals surface area contributed by atoms with Crippen molar-refractivity contribution in [3.63, 3.8) is 0 Å². The second-order valence-electron chi connectivity index (χ2n) is 4.72. The molecule has 3 aliphatic carbocycles. The Balaban J connectivity index is 1.99. The van der Waals surface area contributed by atoms with Crippen LogP contribution < -0.4 is 0 Å². The van der Waals surface area contributed by atoms with E-state index < -0.39 is 0 Å². The van der Waals surface area contributed by atoms with Gasteiger partial charge in [0.25, 0.3) is 0 Å². The highest BCUT2D eigenvalue weighted by Crippen LogP contribution is 2.56. The molecule has 2 fully saturated rings. The lowest BCUT2D eigenvalue weighted by molar-refractivity contribution is 0.368. The van der Waals surface area contributed by atoms with Gasteiger partial charge in [0, 0.05) is 0 Å². The molecular formula is C13H16. The first-order valence-corrected chi connectivity index (χ1v) is 5.38. The van der Waals surface area contributed by atoms with Crippen LogP contribution in [0.5, 0.6) is 0 Å². The van der Waals surface area contributed by atoms with E-state index in [1.54, 1.807) is 11.1 Å². The van der Waals surface area contributed by atoms with E-state index in [1.165, 1.54) is 25.7 Å². The summed E-state index contributed by atoms with van der Waals surface area (Å²) in [7, 11) is 0. The van der Waals surface area contributed by atoms with Gasteiger partial charge in [0.1, 0.15) is 0 Å².